The standard InChI is InChI=1S/C11H14N2O2/c1-7(2)11(15)13-10-5-4-9(6-12-10)8(3)14/h4-7,14H,3H2,1-2H3,(H,12,13,15). The monoisotopic (exact) mass is 206 g/mol. The highest BCUT2D eigenvalue weighted by Gasteiger charge is 2.07. The third-order valence-corrected chi connectivity index (χ3v) is 1.87. The molecule has 0 spiro atoms. The van der Waals surface area contributed by atoms with Gasteiger partial charge in [0, 0.05) is 17.7 Å². The number of pyridine rings is 1. The lowest BCUT2D eigenvalue weighted by Gasteiger charge is -2.06. The highest BCUT2D eigenvalue weighted by molar-refractivity contribution is 5.91. The molecule has 0 atom stereocenters. The first kappa shape index (κ1) is 11.2. The third kappa shape index (κ3) is 3.09. The molecule has 1 rings (SSSR count). The van der Waals surface area contributed by atoms with Gasteiger partial charge in [0.05, 0.1) is 0 Å². The van der Waals surface area contributed by atoms with Crippen molar-refractivity contribution in [3.8, 4) is 0 Å². The zero-order valence-corrected chi connectivity index (χ0v) is 8.82. The topological polar surface area (TPSA) is 62.2 Å². The van der Waals surface area contributed by atoms with E-state index in [0.29, 0.717) is 11.4 Å². The molecule has 1 aromatic heterocycles. The van der Waals surface area contributed by atoms with Crippen LogP contribution < -0.4 is 5.32 Å². The Labute approximate surface area is 88.7 Å². The number of amides is 1. The number of carbonyl (C=O) groups excluding carboxylic acids is 1. The molecule has 15 heavy (non-hydrogen) atoms. The fourth-order valence-corrected chi connectivity index (χ4v) is 0.909. The van der Waals surface area contributed by atoms with Crippen molar-refractivity contribution in [2.24, 2.45) is 5.92 Å². The van der Waals surface area contributed by atoms with Crippen LogP contribution >= 0.6 is 0 Å². The molecule has 4 nitrogen and oxygen atoms in total. The van der Waals surface area contributed by atoms with Crippen LogP contribution in [0.2, 0.25) is 0 Å². The lowest BCUT2D eigenvalue weighted by molar-refractivity contribution is -0.118. The first-order chi connectivity index (χ1) is 7.00. The molecule has 0 aromatic carbocycles. The number of hydrogen-bond acceptors (Lipinski definition) is 3. The molecule has 0 fully saturated rings. The summed E-state index contributed by atoms with van der Waals surface area (Å²) < 4.78 is 0. The van der Waals surface area contributed by atoms with E-state index in [1.54, 1.807) is 26.0 Å². The number of nitrogens with one attached hydrogen (secondary N) is 1. The Kier molecular flexibility index (Phi) is 3.44. The zero-order chi connectivity index (χ0) is 11.4. The SMILES string of the molecule is C=C(O)c1ccc(NC(=O)C(C)C)nc1. The minimum Gasteiger partial charge on any atom is -0.508 e. The first-order valence-corrected chi connectivity index (χ1v) is 4.66. The molecule has 4 heteroatoms. The van der Waals surface area contributed by atoms with Crippen LogP contribution in [-0.4, -0.2) is 16.0 Å². The van der Waals surface area contributed by atoms with Crippen molar-refractivity contribution in [2.45, 2.75) is 13.8 Å². The summed E-state index contributed by atoms with van der Waals surface area (Å²) in [5, 5.41) is 11.7. The molecule has 0 saturated heterocycles. The molecular weight excluding hydrogens is 192 g/mol. The minimum atomic E-state index is -0.0851. The Morgan fingerprint density at radius 3 is 2.60 bits per heavy atom. The van der Waals surface area contributed by atoms with E-state index in [4.69, 9.17) is 5.11 Å². The van der Waals surface area contributed by atoms with Crippen molar-refractivity contribution in [2.75, 3.05) is 5.32 Å². The Morgan fingerprint density at radius 1 is 1.53 bits per heavy atom. The Hall–Kier alpha value is -1.84. The molecular formula is C11H14N2O2. The summed E-state index contributed by atoms with van der Waals surface area (Å²) in [6, 6.07) is 3.27. The summed E-state index contributed by atoms with van der Waals surface area (Å²) >= 11 is 0. The van der Waals surface area contributed by atoms with Crippen LogP contribution in [0.1, 0.15) is 19.4 Å². The van der Waals surface area contributed by atoms with E-state index in [2.05, 4.69) is 16.9 Å². The number of carbonyl (C=O) groups is 1. The number of aliphatic hydroxyl groups excluding tert-OH is 1. The average molecular weight is 206 g/mol. The van der Waals surface area contributed by atoms with Crippen LogP contribution in [0, 0.1) is 5.92 Å². The smallest absolute Gasteiger partial charge is 0.228 e. The summed E-state index contributed by atoms with van der Waals surface area (Å²) in [6.07, 6.45) is 1.46. The van der Waals surface area contributed by atoms with Gasteiger partial charge in [-0.05, 0) is 12.1 Å². The van der Waals surface area contributed by atoms with Crippen molar-refractivity contribution in [1.29, 1.82) is 0 Å². The molecule has 0 saturated carbocycles. The van der Waals surface area contributed by atoms with E-state index in [0.717, 1.165) is 0 Å². The molecule has 1 aromatic rings. The van der Waals surface area contributed by atoms with Gasteiger partial charge in [0.2, 0.25) is 5.91 Å². The third-order valence-electron chi connectivity index (χ3n) is 1.87. The summed E-state index contributed by atoms with van der Waals surface area (Å²) in [4.78, 5) is 15.3. The summed E-state index contributed by atoms with van der Waals surface area (Å²) in [7, 11) is 0. The molecule has 0 unspecified atom stereocenters. The quantitative estimate of drug-likeness (QED) is 0.745. The number of aromatic nitrogens is 1. The molecule has 80 valence electrons. The summed E-state index contributed by atoms with van der Waals surface area (Å²) in [5.74, 6) is 0.264. The maximum Gasteiger partial charge on any atom is 0.228 e. The van der Waals surface area contributed by atoms with Crippen LogP contribution in [0.5, 0.6) is 0 Å². The van der Waals surface area contributed by atoms with E-state index < -0.39 is 0 Å². The summed E-state index contributed by atoms with van der Waals surface area (Å²) in [5.41, 5.74) is 0.539. The predicted octanol–water partition coefficient (Wildman–Crippen LogP) is 2.20. The largest absolute Gasteiger partial charge is 0.508 e. The van der Waals surface area contributed by atoms with E-state index in [-0.39, 0.29) is 17.6 Å². The van der Waals surface area contributed by atoms with Gasteiger partial charge < -0.3 is 10.4 Å². The van der Waals surface area contributed by atoms with Crippen LogP contribution in [-0.2, 0) is 4.79 Å². The predicted molar refractivity (Wildman–Crippen MR) is 59.4 cm³/mol. The van der Waals surface area contributed by atoms with Gasteiger partial charge in [-0.1, -0.05) is 20.4 Å². The second-order valence-corrected chi connectivity index (χ2v) is 3.52. The molecule has 1 heterocycles. The molecule has 2 N–H and O–H groups in total. The lowest BCUT2D eigenvalue weighted by atomic mass is 10.2. The van der Waals surface area contributed by atoms with Crippen molar-refractivity contribution in [3.63, 3.8) is 0 Å². The number of aliphatic hydroxyl groups is 1. The van der Waals surface area contributed by atoms with Gasteiger partial charge in [-0.15, -0.1) is 0 Å². The highest BCUT2D eigenvalue weighted by atomic mass is 16.3. The fraction of sp³-hybridized carbons (Fsp3) is 0.273. The lowest BCUT2D eigenvalue weighted by Crippen LogP contribution is -2.18. The molecule has 1 amide bonds. The van der Waals surface area contributed by atoms with E-state index in [1.165, 1.54) is 6.20 Å². The average Bonchev–Trinajstić information content (AvgIpc) is 2.18. The maximum absolute atomic E-state index is 11.3. The second kappa shape index (κ2) is 4.59. The molecule has 0 bridgehead atoms. The molecule has 0 aliphatic carbocycles. The van der Waals surface area contributed by atoms with Crippen LogP contribution in [0.4, 0.5) is 5.82 Å². The number of anilines is 1. The van der Waals surface area contributed by atoms with Crippen molar-refractivity contribution >= 4 is 17.5 Å². The minimum absolute atomic E-state index is 0.0377. The van der Waals surface area contributed by atoms with Crippen LogP contribution in [0.25, 0.3) is 5.76 Å². The number of nitrogens with zero attached hydrogens (tertiary/aromatic N) is 1. The van der Waals surface area contributed by atoms with Crippen molar-refractivity contribution < 1.29 is 9.90 Å². The Balaban J connectivity index is 2.73. The number of hydrogen-bond donors (Lipinski definition) is 2. The Bertz CT molecular complexity index is 369. The van der Waals surface area contributed by atoms with Gasteiger partial charge in [0.25, 0.3) is 0 Å². The van der Waals surface area contributed by atoms with Crippen molar-refractivity contribution in [3.05, 3.63) is 30.5 Å². The maximum atomic E-state index is 11.3. The highest BCUT2D eigenvalue weighted by Crippen LogP contribution is 2.11. The zero-order valence-electron chi connectivity index (χ0n) is 8.82. The van der Waals surface area contributed by atoms with E-state index in [1.807, 2.05) is 0 Å². The Morgan fingerprint density at radius 2 is 2.20 bits per heavy atom. The fourth-order valence-electron chi connectivity index (χ4n) is 0.909. The van der Waals surface area contributed by atoms with Gasteiger partial charge in [-0.25, -0.2) is 4.98 Å². The summed E-state index contributed by atoms with van der Waals surface area (Å²) in [6.45, 7) is 6.98. The van der Waals surface area contributed by atoms with Gasteiger partial charge in [-0.2, -0.15) is 0 Å². The first-order valence-electron chi connectivity index (χ1n) is 4.66. The van der Waals surface area contributed by atoms with E-state index in [9.17, 15) is 4.79 Å². The normalized spacial score (nSPS) is 10.1. The molecule has 0 aliphatic rings. The van der Waals surface area contributed by atoms with Crippen LogP contribution in [0.15, 0.2) is 24.9 Å². The van der Waals surface area contributed by atoms with Gasteiger partial charge in [-0.3, -0.25) is 4.79 Å². The van der Waals surface area contributed by atoms with Gasteiger partial charge >= 0.3 is 0 Å². The van der Waals surface area contributed by atoms with Gasteiger partial charge in [0.15, 0.2) is 0 Å². The van der Waals surface area contributed by atoms with Crippen LogP contribution in [0.3, 0.4) is 0 Å². The molecule has 0 radical (unpaired) electrons. The van der Waals surface area contributed by atoms with E-state index >= 15 is 0 Å². The molecule has 0 aliphatic heterocycles. The van der Waals surface area contributed by atoms with Gasteiger partial charge in [0.1, 0.15) is 11.6 Å². The van der Waals surface area contributed by atoms with Crippen molar-refractivity contribution in [1.82, 2.24) is 4.98 Å². The number of rotatable bonds is 3. The second-order valence-electron chi connectivity index (χ2n) is 3.52.